The normalized spacial score (nSPS) is 25.1. The van der Waals surface area contributed by atoms with Crippen LogP contribution >= 0.6 is 0 Å². The van der Waals surface area contributed by atoms with E-state index in [4.69, 9.17) is 9.47 Å². The predicted octanol–water partition coefficient (Wildman–Crippen LogP) is 2.27. The number of carbonyl (C=O) groups is 1. The van der Waals surface area contributed by atoms with Gasteiger partial charge in [-0.05, 0) is 57.5 Å². The zero-order valence-electron chi connectivity index (χ0n) is 14.7. The second-order valence-corrected chi connectivity index (χ2v) is 6.88. The molecule has 1 aromatic rings. The summed E-state index contributed by atoms with van der Waals surface area (Å²) in [5.41, 5.74) is 0.493. The maximum Gasteiger partial charge on any atom is 0.341 e. The van der Waals surface area contributed by atoms with Crippen molar-refractivity contribution in [2.24, 2.45) is 5.92 Å². The molecule has 5 nitrogen and oxygen atoms in total. The number of para-hydroxylation sites is 1. The summed E-state index contributed by atoms with van der Waals surface area (Å²) in [7, 11) is 3.66. The number of hydrogen-bond donors (Lipinski definition) is 0. The molecule has 24 heavy (non-hydrogen) atoms. The predicted molar refractivity (Wildman–Crippen MR) is 93.5 cm³/mol. The molecule has 2 heterocycles. The van der Waals surface area contributed by atoms with Crippen LogP contribution in [0.4, 0.5) is 0 Å². The Hall–Kier alpha value is -1.59. The summed E-state index contributed by atoms with van der Waals surface area (Å²) >= 11 is 0. The molecule has 132 valence electrons. The zero-order chi connectivity index (χ0) is 16.9. The monoisotopic (exact) mass is 332 g/mol. The van der Waals surface area contributed by atoms with Gasteiger partial charge in [0.2, 0.25) is 0 Å². The molecule has 0 amide bonds. The lowest BCUT2D eigenvalue weighted by Gasteiger charge is -2.46. The molecular formula is C19H28N2O3. The minimum atomic E-state index is -0.350. The summed E-state index contributed by atoms with van der Waals surface area (Å²) < 4.78 is 10.7. The number of likely N-dealkylation sites (tertiary alicyclic amines) is 2. The number of benzene rings is 1. The summed E-state index contributed by atoms with van der Waals surface area (Å²) in [5.74, 6) is 1.05. The van der Waals surface area contributed by atoms with Crippen molar-refractivity contribution in [3.05, 3.63) is 29.8 Å². The summed E-state index contributed by atoms with van der Waals surface area (Å²) in [6, 6.07) is 8.03. The molecule has 1 aromatic carbocycles. The number of nitrogens with zero attached hydrogens (tertiary/aromatic N) is 2. The molecular weight excluding hydrogens is 304 g/mol. The van der Waals surface area contributed by atoms with Crippen molar-refractivity contribution in [3.63, 3.8) is 0 Å². The third-order valence-electron chi connectivity index (χ3n) is 5.39. The Morgan fingerprint density at radius 2 is 2.08 bits per heavy atom. The van der Waals surface area contributed by atoms with E-state index in [0.717, 1.165) is 31.6 Å². The quantitative estimate of drug-likeness (QED) is 0.774. The Labute approximate surface area is 144 Å². The van der Waals surface area contributed by atoms with Crippen LogP contribution < -0.4 is 4.74 Å². The second-order valence-electron chi connectivity index (χ2n) is 6.88. The lowest BCUT2D eigenvalue weighted by atomic mass is 9.84. The number of hydrogen-bond acceptors (Lipinski definition) is 5. The highest BCUT2D eigenvalue weighted by atomic mass is 16.5. The fourth-order valence-electron chi connectivity index (χ4n) is 4.09. The highest BCUT2D eigenvalue weighted by molar-refractivity contribution is 5.92. The van der Waals surface area contributed by atoms with Crippen LogP contribution in [0, 0.1) is 5.92 Å². The summed E-state index contributed by atoms with van der Waals surface area (Å²) in [6.45, 7) is 5.04. The lowest BCUT2D eigenvalue weighted by molar-refractivity contribution is 0.0336. The van der Waals surface area contributed by atoms with E-state index in [1.165, 1.54) is 32.9 Å². The van der Waals surface area contributed by atoms with Crippen LogP contribution in [0.5, 0.6) is 5.75 Å². The number of esters is 1. The first-order valence-electron chi connectivity index (χ1n) is 8.92. The molecule has 3 rings (SSSR count). The van der Waals surface area contributed by atoms with E-state index in [1.807, 2.05) is 18.2 Å². The smallest absolute Gasteiger partial charge is 0.341 e. The van der Waals surface area contributed by atoms with E-state index in [-0.39, 0.29) is 5.97 Å². The van der Waals surface area contributed by atoms with Gasteiger partial charge in [-0.25, -0.2) is 4.79 Å². The van der Waals surface area contributed by atoms with Crippen molar-refractivity contribution in [1.29, 1.82) is 0 Å². The average molecular weight is 332 g/mol. The molecule has 0 aromatic heterocycles. The summed E-state index contributed by atoms with van der Waals surface area (Å²) in [6.07, 6.45) is 3.91. The topological polar surface area (TPSA) is 42.0 Å². The molecule has 2 aliphatic rings. The van der Waals surface area contributed by atoms with Gasteiger partial charge in [0.05, 0.1) is 7.11 Å². The molecule has 0 radical (unpaired) electrons. The van der Waals surface area contributed by atoms with Crippen LogP contribution in [-0.2, 0) is 4.74 Å². The molecule has 0 bridgehead atoms. The van der Waals surface area contributed by atoms with Gasteiger partial charge in [-0.15, -0.1) is 0 Å². The minimum absolute atomic E-state index is 0.350. The van der Waals surface area contributed by atoms with E-state index in [2.05, 4.69) is 16.8 Å². The van der Waals surface area contributed by atoms with E-state index in [9.17, 15) is 4.79 Å². The molecule has 2 saturated heterocycles. The average Bonchev–Trinajstić information content (AvgIpc) is 2.61. The highest BCUT2D eigenvalue weighted by Gasteiger charge is 2.33. The third kappa shape index (κ3) is 3.90. The molecule has 0 N–H and O–H groups in total. The number of fused-ring (bicyclic) bond motifs is 1. The van der Waals surface area contributed by atoms with E-state index in [1.54, 1.807) is 6.07 Å². The third-order valence-corrected chi connectivity index (χ3v) is 5.39. The van der Waals surface area contributed by atoms with Gasteiger partial charge in [0.1, 0.15) is 17.9 Å². The first-order valence-corrected chi connectivity index (χ1v) is 8.92. The van der Waals surface area contributed by atoms with Gasteiger partial charge in [-0.1, -0.05) is 12.1 Å². The van der Waals surface area contributed by atoms with Gasteiger partial charge in [-0.2, -0.15) is 0 Å². The molecule has 2 fully saturated rings. The van der Waals surface area contributed by atoms with Gasteiger partial charge in [0.25, 0.3) is 0 Å². The van der Waals surface area contributed by atoms with Crippen molar-refractivity contribution in [3.8, 4) is 5.75 Å². The largest absolute Gasteiger partial charge is 0.491 e. The van der Waals surface area contributed by atoms with Crippen molar-refractivity contribution in [2.75, 3.05) is 46.9 Å². The van der Waals surface area contributed by atoms with E-state index >= 15 is 0 Å². The van der Waals surface area contributed by atoms with Crippen molar-refractivity contribution in [1.82, 2.24) is 9.80 Å². The Kier molecular flexibility index (Phi) is 5.74. The Bertz CT molecular complexity index is 563. The van der Waals surface area contributed by atoms with Crippen LogP contribution in [0.3, 0.4) is 0 Å². The fourth-order valence-corrected chi connectivity index (χ4v) is 4.09. The number of methoxy groups -OCH3 is 1. The molecule has 2 atom stereocenters. The van der Waals surface area contributed by atoms with E-state index < -0.39 is 0 Å². The Morgan fingerprint density at radius 3 is 2.92 bits per heavy atom. The van der Waals surface area contributed by atoms with Crippen LogP contribution in [0.15, 0.2) is 24.3 Å². The summed E-state index contributed by atoms with van der Waals surface area (Å²) in [5, 5.41) is 0. The molecule has 5 heteroatoms. The van der Waals surface area contributed by atoms with Crippen molar-refractivity contribution in [2.45, 2.75) is 25.3 Å². The Morgan fingerprint density at radius 1 is 1.25 bits per heavy atom. The Balaban J connectivity index is 1.50. The number of ether oxygens (including phenoxy) is 2. The van der Waals surface area contributed by atoms with Gasteiger partial charge < -0.3 is 14.4 Å². The lowest BCUT2D eigenvalue weighted by Crippen LogP contribution is -2.53. The minimum Gasteiger partial charge on any atom is -0.491 e. The second kappa shape index (κ2) is 7.99. The number of carbonyl (C=O) groups excluding carboxylic acids is 1. The summed E-state index contributed by atoms with van der Waals surface area (Å²) in [4.78, 5) is 16.8. The van der Waals surface area contributed by atoms with Gasteiger partial charge in [-0.3, -0.25) is 4.90 Å². The molecule has 0 spiro atoms. The molecule has 0 saturated carbocycles. The van der Waals surface area contributed by atoms with E-state index in [0.29, 0.717) is 17.9 Å². The first-order chi connectivity index (χ1) is 11.7. The van der Waals surface area contributed by atoms with Crippen LogP contribution in [0.2, 0.25) is 0 Å². The van der Waals surface area contributed by atoms with Gasteiger partial charge in [0, 0.05) is 19.1 Å². The zero-order valence-corrected chi connectivity index (χ0v) is 14.7. The van der Waals surface area contributed by atoms with Crippen LogP contribution in [-0.4, -0.2) is 68.8 Å². The van der Waals surface area contributed by atoms with Gasteiger partial charge in [0.15, 0.2) is 0 Å². The molecule has 2 aliphatic heterocycles. The maximum absolute atomic E-state index is 11.8. The number of rotatable bonds is 5. The molecule has 2 unspecified atom stereocenters. The molecule has 0 aliphatic carbocycles. The highest BCUT2D eigenvalue weighted by Crippen LogP contribution is 2.29. The standard InChI is InChI=1S/C19H28N2O3/c1-20-10-5-6-15-14-21(11-9-17(15)20)12-13-24-18-8-4-3-7-16(18)19(22)23-2/h3-4,7-8,15,17H,5-6,9-14H2,1-2H3. The fraction of sp³-hybridized carbons (Fsp3) is 0.632. The van der Waals surface area contributed by atoms with Crippen molar-refractivity contribution >= 4 is 5.97 Å². The number of piperidine rings is 2. The van der Waals surface area contributed by atoms with Crippen LogP contribution in [0.25, 0.3) is 0 Å². The SMILES string of the molecule is COC(=O)c1ccccc1OCCN1CCC2C(CCCN2C)C1. The van der Waals surface area contributed by atoms with Gasteiger partial charge >= 0.3 is 5.97 Å². The maximum atomic E-state index is 11.8. The van der Waals surface area contributed by atoms with Crippen molar-refractivity contribution < 1.29 is 14.3 Å². The van der Waals surface area contributed by atoms with Crippen LogP contribution in [0.1, 0.15) is 29.6 Å². The first kappa shape index (κ1) is 17.2.